The molecule has 0 radical (unpaired) electrons. The van der Waals surface area contributed by atoms with Crippen molar-refractivity contribution in [3.05, 3.63) is 62.7 Å². The molecule has 1 N–H and O–H groups in total. The highest BCUT2D eigenvalue weighted by Crippen LogP contribution is 2.29. The number of nitro benzene ring substituents is 1. The number of methoxy groups -OCH3 is 1. The molecular formula is C15H13ClN2O4. The molecule has 0 unspecified atom stereocenters. The van der Waals surface area contributed by atoms with Gasteiger partial charge in [-0.05, 0) is 30.7 Å². The Labute approximate surface area is 131 Å². The van der Waals surface area contributed by atoms with E-state index < -0.39 is 4.92 Å². The van der Waals surface area contributed by atoms with Crippen LogP contribution in [-0.4, -0.2) is 17.9 Å². The number of anilines is 1. The van der Waals surface area contributed by atoms with Gasteiger partial charge in [0, 0.05) is 16.7 Å². The SMILES string of the molecule is COc1cc([N+](=O)[O-])ccc1NC(=O)c1ccc(C)c(Cl)c1. The maximum atomic E-state index is 12.2. The van der Waals surface area contributed by atoms with E-state index in [9.17, 15) is 14.9 Å². The Hall–Kier alpha value is -2.60. The van der Waals surface area contributed by atoms with E-state index in [1.165, 1.54) is 25.3 Å². The lowest BCUT2D eigenvalue weighted by molar-refractivity contribution is -0.384. The van der Waals surface area contributed by atoms with Crippen LogP contribution >= 0.6 is 11.6 Å². The van der Waals surface area contributed by atoms with Gasteiger partial charge in [0.1, 0.15) is 5.75 Å². The minimum atomic E-state index is -0.534. The molecule has 1 amide bonds. The van der Waals surface area contributed by atoms with Crippen LogP contribution in [0.3, 0.4) is 0 Å². The minimum absolute atomic E-state index is 0.117. The average Bonchev–Trinajstić information content (AvgIpc) is 2.50. The molecule has 0 bridgehead atoms. The van der Waals surface area contributed by atoms with Gasteiger partial charge in [-0.2, -0.15) is 0 Å². The summed E-state index contributed by atoms with van der Waals surface area (Å²) in [6.45, 7) is 1.84. The lowest BCUT2D eigenvalue weighted by Gasteiger charge is -2.10. The van der Waals surface area contributed by atoms with E-state index in [2.05, 4.69) is 5.32 Å². The first-order valence-electron chi connectivity index (χ1n) is 6.32. The molecule has 0 aliphatic heterocycles. The van der Waals surface area contributed by atoms with Gasteiger partial charge in [-0.3, -0.25) is 14.9 Å². The number of nitro groups is 1. The number of ether oxygens (including phenoxy) is 1. The summed E-state index contributed by atoms with van der Waals surface area (Å²) in [6.07, 6.45) is 0. The number of carbonyl (C=O) groups excluding carboxylic acids is 1. The number of benzene rings is 2. The number of non-ortho nitro benzene ring substituents is 1. The van der Waals surface area contributed by atoms with Crippen molar-refractivity contribution in [2.45, 2.75) is 6.92 Å². The van der Waals surface area contributed by atoms with Gasteiger partial charge in [-0.15, -0.1) is 0 Å². The summed E-state index contributed by atoms with van der Waals surface area (Å²) in [4.78, 5) is 22.4. The van der Waals surface area contributed by atoms with Crippen molar-refractivity contribution in [1.29, 1.82) is 0 Å². The first-order chi connectivity index (χ1) is 10.4. The number of nitrogens with one attached hydrogen (secondary N) is 1. The molecule has 0 saturated carbocycles. The molecule has 2 aromatic rings. The van der Waals surface area contributed by atoms with E-state index in [-0.39, 0.29) is 17.3 Å². The van der Waals surface area contributed by atoms with Crippen molar-refractivity contribution < 1.29 is 14.5 Å². The quantitative estimate of drug-likeness (QED) is 0.686. The average molecular weight is 321 g/mol. The minimum Gasteiger partial charge on any atom is -0.494 e. The van der Waals surface area contributed by atoms with Crippen LogP contribution in [0.2, 0.25) is 5.02 Å². The Bertz CT molecular complexity index is 746. The number of rotatable bonds is 4. The van der Waals surface area contributed by atoms with Crippen molar-refractivity contribution in [2.75, 3.05) is 12.4 Å². The van der Waals surface area contributed by atoms with Crippen LogP contribution in [0.1, 0.15) is 15.9 Å². The van der Waals surface area contributed by atoms with Crippen molar-refractivity contribution in [1.82, 2.24) is 0 Å². The summed E-state index contributed by atoms with van der Waals surface area (Å²) >= 11 is 6.00. The number of hydrogen-bond donors (Lipinski definition) is 1. The first kappa shape index (κ1) is 15.8. The Morgan fingerprint density at radius 1 is 1.27 bits per heavy atom. The molecule has 22 heavy (non-hydrogen) atoms. The van der Waals surface area contributed by atoms with Crippen LogP contribution in [0.15, 0.2) is 36.4 Å². The van der Waals surface area contributed by atoms with E-state index in [1.807, 2.05) is 6.92 Å². The fourth-order valence-corrected chi connectivity index (χ4v) is 2.01. The number of hydrogen-bond acceptors (Lipinski definition) is 4. The zero-order valence-electron chi connectivity index (χ0n) is 11.9. The number of amides is 1. The van der Waals surface area contributed by atoms with Gasteiger partial charge in [-0.25, -0.2) is 0 Å². The maximum absolute atomic E-state index is 12.2. The fraction of sp³-hybridized carbons (Fsp3) is 0.133. The Morgan fingerprint density at radius 3 is 2.59 bits per heavy atom. The third kappa shape index (κ3) is 3.35. The molecule has 114 valence electrons. The third-order valence-corrected chi connectivity index (χ3v) is 3.49. The Morgan fingerprint density at radius 2 is 2.00 bits per heavy atom. The Kier molecular flexibility index (Phi) is 4.62. The molecule has 0 fully saturated rings. The predicted molar refractivity (Wildman–Crippen MR) is 83.8 cm³/mol. The third-order valence-electron chi connectivity index (χ3n) is 3.08. The second-order valence-corrected chi connectivity index (χ2v) is 4.97. The monoisotopic (exact) mass is 320 g/mol. The van der Waals surface area contributed by atoms with Crippen LogP contribution in [0.25, 0.3) is 0 Å². The lowest BCUT2D eigenvalue weighted by Crippen LogP contribution is -2.12. The summed E-state index contributed by atoms with van der Waals surface area (Å²) in [5.74, 6) is -0.171. The van der Waals surface area contributed by atoms with Gasteiger partial charge < -0.3 is 10.1 Å². The van der Waals surface area contributed by atoms with Crippen molar-refractivity contribution in [3.8, 4) is 5.75 Å². The largest absolute Gasteiger partial charge is 0.494 e. The first-order valence-corrected chi connectivity index (χ1v) is 6.70. The number of carbonyl (C=O) groups is 1. The predicted octanol–water partition coefficient (Wildman–Crippen LogP) is 3.82. The highest BCUT2D eigenvalue weighted by Gasteiger charge is 2.14. The normalized spacial score (nSPS) is 10.1. The van der Waals surface area contributed by atoms with Crippen molar-refractivity contribution in [3.63, 3.8) is 0 Å². The van der Waals surface area contributed by atoms with Gasteiger partial charge in [0.15, 0.2) is 0 Å². The van der Waals surface area contributed by atoms with Crippen LogP contribution in [-0.2, 0) is 0 Å². The van der Waals surface area contributed by atoms with Gasteiger partial charge in [-0.1, -0.05) is 17.7 Å². The number of halogens is 1. The van der Waals surface area contributed by atoms with Gasteiger partial charge in [0.05, 0.1) is 23.8 Å². The van der Waals surface area contributed by atoms with Crippen LogP contribution < -0.4 is 10.1 Å². The van der Waals surface area contributed by atoms with Crippen molar-refractivity contribution >= 4 is 28.9 Å². The zero-order chi connectivity index (χ0) is 16.3. The van der Waals surface area contributed by atoms with E-state index in [1.54, 1.807) is 18.2 Å². The summed E-state index contributed by atoms with van der Waals surface area (Å²) < 4.78 is 5.07. The molecule has 0 spiro atoms. The highest BCUT2D eigenvalue weighted by molar-refractivity contribution is 6.31. The smallest absolute Gasteiger partial charge is 0.273 e. The van der Waals surface area contributed by atoms with Crippen LogP contribution in [0, 0.1) is 17.0 Å². The number of aryl methyl sites for hydroxylation is 1. The topological polar surface area (TPSA) is 81.5 Å². The van der Waals surface area contributed by atoms with Gasteiger partial charge >= 0.3 is 0 Å². The summed E-state index contributed by atoms with van der Waals surface area (Å²) in [5, 5.41) is 13.9. The molecule has 6 nitrogen and oxygen atoms in total. The molecule has 0 aliphatic rings. The van der Waals surface area contributed by atoms with Crippen molar-refractivity contribution in [2.24, 2.45) is 0 Å². The second kappa shape index (κ2) is 6.44. The zero-order valence-corrected chi connectivity index (χ0v) is 12.7. The fourth-order valence-electron chi connectivity index (χ4n) is 1.83. The maximum Gasteiger partial charge on any atom is 0.273 e. The summed E-state index contributed by atoms with van der Waals surface area (Å²) in [6, 6.07) is 8.91. The van der Waals surface area contributed by atoms with Gasteiger partial charge in [0.25, 0.3) is 11.6 Å². The van der Waals surface area contributed by atoms with Crippen LogP contribution in [0.5, 0.6) is 5.75 Å². The molecule has 0 atom stereocenters. The molecule has 0 aromatic heterocycles. The molecule has 7 heteroatoms. The summed E-state index contributed by atoms with van der Waals surface area (Å²) in [7, 11) is 1.37. The van der Waals surface area contributed by atoms with Gasteiger partial charge in [0.2, 0.25) is 0 Å². The molecule has 0 aliphatic carbocycles. The van der Waals surface area contributed by atoms with Crippen LogP contribution in [0.4, 0.5) is 11.4 Å². The molecule has 2 rings (SSSR count). The van der Waals surface area contributed by atoms with E-state index in [0.717, 1.165) is 5.56 Å². The Balaban J connectivity index is 2.27. The number of nitrogens with zero attached hydrogens (tertiary/aromatic N) is 1. The molecule has 0 heterocycles. The second-order valence-electron chi connectivity index (χ2n) is 4.56. The van der Waals surface area contributed by atoms with E-state index in [4.69, 9.17) is 16.3 Å². The lowest BCUT2D eigenvalue weighted by atomic mass is 10.1. The molecule has 2 aromatic carbocycles. The molecule has 0 saturated heterocycles. The molecular weight excluding hydrogens is 308 g/mol. The standard InChI is InChI=1S/C15H13ClN2O4/c1-9-3-4-10(7-12(9)16)15(19)17-13-6-5-11(18(20)21)8-14(13)22-2/h3-8H,1-2H3,(H,17,19). The highest BCUT2D eigenvalue weighted by atomic mass is 35.5. The van der Waals surface area contributed by atoms with E-state index in [0.29, 0.717) is 16.3 Å². The summed E-state index contributed by atoms with van der Waals surface area (Å²) in [5.41, 5.74) is 1.48. The van der Waals surface area contributed by atoms with E-state index >= 15 is 0 Å².